The first-order valence-corrected chi connectivity index (χ1v) is 8.89. The van der Waals surface area contributed by atoms with Gasteiger partial charge in [-0.2, -0.15) is 0 Å². The monoisotopic (exact) mass is 334 g/mol. The second kappa shape index (κ2) is 6.55. The third kappa shape index (κ3) is 2.86. The van der Waals surface area contributed by atoms with Crippen LogP contribution in [-0.2, 0) is 0 Å². The zero-order valence-electron chi connectivity index (χ0n) is 13.2. The molecule has 1 amide bonds. The van der Waals surface area contributed by atoms with Gasteiger partial charge in [0.15, 0.2) is 0 Å². The average Bonchev–Trinajstić information content (AvgIpc) is 3.05. The van der Waals surface area contributed by atoms with E-state index in [0.717, 1.165) is 16.6 Å². The number of carbonyl (C=O) groups excluding carboxylic acids is 1. The summed E-state index contributed by atoms with van der Waals surface area (Å²) in [6.07, 6.45) is 1.52. The molecule has 1 aromatic carbocycles. The molecule has 2 atom stereocenters. The highest BCUT2D eigenvalue weighted by molar-refractivity contribution is 7.17. The van der Waals surface area contributed by atoms with Gasteiger partial charge in [0.1, 0.15) is 0 Å². The Kier molecular flexibility index (Phi) is 4.66. The molecule has 2 N–H and O–H groups in total. The summed E-state index contributed by atoms with van der Waals surface area (Å²) in [4.78, 5) is 19.0. The highest BCUT2D eigenvalue weighted by Crippen LogP contribution is 2.36. The van der Waals surface area contributed by atoms with E-state index in [-0.39, 0.29) is 12.5 Å². The number of thiazole rings is 1. The van der Waals surface area contributed by atoms with Gasteiger partial charge in [0, 0.05) is 18.5 Å². The van der Waals surface area contributed by atoms with Crippen molar-refractivity contribution in [2.75, 3.05) is 19.7 Å². The smallest absolute Gasteiger partial charge is 0.255 e. The van der Waals surface area contributed by atoms with Crippen LogP contribution >= 0.6 is 11.3 Å². The molecule has 0 aliphatic carbocycles. The molecule has 6 heteroatoms. The summed E-state index contributed by atoms with van der Waals surface area (Å²) < 4.78 is 0.897. The average molecular weight is 334 g/mol. The molecule has 23 heavy (non-hydrogen) atoms. The van der Waals surface area contributed by atoms with Gasteiger partial charge >= 0.3 is 0 Å². The van der Waals surface area contributed by atoms with Crippen LogP contribution in [0.4, 0.5) is 0 Å². The molecule has 1 aliphatic heterocycles. The molecule has 2 aromatic rings. The lowest BCUT2D eigenvalue weighted by Gasteiger charge is -2.45. The maximum absolute atomic E-state index is 13.0. The summed E-state index contributed by atoms with van der Waals surface area (Å²) in [5, 5.41) is 20.2. The minimum atomic E-state index is -0.607. The summed E-state index contributed by atoms with van der Waals surface area (Å²) in [5.74, 6) is -0.0410. The number of carbonyl (C=O) groups is 1. The molecule has 0 spiro atoms. The van der Waals surface area contributed by atoms with Gasteiger partial charge in [-0.3, -0.25) is 4.79 Å². The molecule has 2 heterocycles. The minimum Gasteiger partial charge on any atom is -0.396 e. The number of rotatable bonds is 4. The molecule has 1 aromatic heterocycles. The first-order chi connectivity index (χ1) is 11.1. The van der Waals surface area contributed by atoms with Gasteiger partial charge in [0.2, 0.25) is 0 Å². The van der Waals surface area contributed by atoms with Crippen molar-refractivity contribution in [1.29, 1.82) is 0 Å². The van der Waals surface area contributed by atoms with Crippen LogP contribution in [0.15, 0.2) is 23.7 Å². The number of aliphatic hydroxyl groups excluding tert-OH is 2. The van der Waals surface area contributed by atoms with Crippen LogP contribution in [0, 0.1) is 5.41 Å². The molecule has 0 saturated carbocycles. The van der Waals surface area contributed by atoms with E-state index >= 15 is 0 Å². The van der Waals surface area contributed by atoms with E-state index in [9.17, 15) is 15.0 Å². The zero-order valence-corrected chi connectivity index (χ0v) is 14.1. The summed E-state index contributed by atoms with van der Waals surface area (Å²) >= 11 is 1.47. The van der Waals surface area contributed by atoms with E-state index in [1.54, 1.807) is 10.4 Å². The van der Waals surface area contributed by atoms with E-state index in [0.29, 0.717) is 31.5 Å². The lowest BCUT2D eigenvalue weighted by molar-refractivity contribution is -0.0719. The van der Waals surface area contributed by atoms with Crippen LogP contribution in [0.25, 0.3) is 10.2 Å². The Labute approximate surface area is 139 Å². The van der Waals surface area contributed by atoms with Gasteiger partial charge < -0.3 is 15.1 Å². The van der Waals surface area contributed by atoms with Crippen molar-refractivity contribution in [3.8, 4) is 0 Å². The summed E-state index contributed by atoms with van der Waals surface area (Å²) in [6.45, 7) is 2.84. The number of aliphatic hydroxyl groups is 2. The van der Waals surface area contributed by atoms with E-state index in [2.05, 4.69) is 4.98 Å². The maximum Gasteiger partial charge on any atom is 0.255 e. The molecule has 0 bridgehead atoms. The molecule has 124 valence electrons. The van der Waals surface area contributed by atoms with Gasteiger partial charge in [-0.15, -0.1) is 11.3 Å². The van der Waals surface area contributed by atoms with Crippen LogP contribution in [0.1, 0.15) is 36.5 Å². The quantitative estimate of drug-likeness (QED) is 0.900. The van der Waals surface area contributed by atoms with Crippen LogP contribution in [0.5, 0.6) is 0 Å². The van der Waals surface area contributed by atoms with Gasteiger partial charge in [-0.25, -0.2) is 4.98 Å². The van der Waals surface area contributed by atoms with Crippen molar-refractivity contribution in [2.45, 2.75) is 32.3 Å². The topological polar surface area (TPSA) is 73.7 Å². The lowest BCUT2D eigenvalue weighted by atomic mass is 9.74. The Bertz CT molecular complexity index is 702. The Morgan fingerprint density at radius 2 is 2.35 bits per heavy atom. The highest BCUT2D eigenvalue weighted by Gasteiger charge is 2.43. The van der Waals surface area contributed by atoms with Gasteiger partial charge in [-0.05, 0) is 25.0 Å². The summed E-state index contributed by atoms with van der Waals surface area (Å²) in [6, 6.07) is 5.57. The second-order valence-electron chi connectivity index (χ2n) is 6.31. The van der Waals surface area contributed by atoms with Crippen molar-refractivity contribution in [1.82, 2.24) is 9.88 Å². The van der Waals surface area contributed by atoms with Crippen molar-refractivity contribution < 1.29 is 15.0 Å². The Morgan fingerprint density at radius 1 is 1.52 bits per heavy atom. The zero-order chi connectivity index (χ0) is 16.4. The lowest BCUT2D eigenvalue weighted by Crippen LogP contribution is -2.55. The van der Waals surface area contributed by atoms with Crippen LogP contribution in [0.3, 0.4) is 0 Å². The van der Waals surface area contributed by atoms with Crippen molar-refractivity contribution in [3.05, 3.63) is 29.3 Å². The number of amides is 1. The second-order valence-corrected chi connectivity index (χ2v) is 7.16. The number of aromatic nitrogens is 1. The van der Waals surface area contributed by atoms with Gasteiger partial charge in [-0.1, -0.05) is 19.4 Å². The van der Waals surface area contributed by atoms with Crippen LogP contribution < -0.4 is 0 Å². The molecule has 1 fully saturated rings. The number of benzene rings is 1. The predicted molar refractivity (Wildman–Crippen MR) is 90.6 cm³/mol. The van der Waals surface area contributed by atoms with Crippen molar-refractivity contribution in [2.24, 2.45) is 5.41 Å². The fourth-order valence-corrected chi connectivity index (χ4v) is 4.32. The third-order valence-corrected chi connectivity index (χ3v) is 5.70. The predicted octanol–water partition coefficient (Wildman–Crippen LogP) is 2.28. The van der Waals surface area contributed by atoms with E-state index < -0.39 is 11.5 Å². The number of fused-ring (bicyclic) bond motifs is 1. The molecular weight excluding hydrogens is 312 g/mol. The standard InChI is InChI=1S/C17H22N2O3S/c1-2-7-17(10-20)9-19(8-6-14(17)21)16(22)12-4-3-5-13-15(12)23-11-18-13/h3-5,11,14,20-21H,2,6-10H2,1H3/t14-,17+/m1/s1. The third-order valence-electron chi connectivity index (χ3n) is 4.82. The van der Waals surface area contributed by atoms with Gasteiger partial charge in [0.25, 0.3) is 5.91 Å². The summed E-state index contributed by atoms with van der Waals surface area (Å²) in [5.41, 5.74) is 2.63. The molecule has 1 aliphatic rings. The fraction of sp³-hybridized carbons (Fsp3) is 0.529. The van der Waals surface area contributed by atoms with E-state index in [1.165, 1.54) is 11.3 Å². The minimum absolute atomic E-state index is 0.0410. The Morgan fingerprint density at radius 3 is 3.09 bits per heavy atom. The first-order valence-electron chi connectivity index (χ1n) is 8.01. The molecule has 0 radical (unpaired) electrons. The van der Waals surface area contributed by atoms with Crippen molar-refractivity contribution >= 4 is 27.5 Å². The Hall–Kier alpha value is -1.50. The normalized spacial score (nSPS) is 25.0. The number of likely N-dealkylation sites (tertiary alicyclic amines) is 1. The molecular formula is C17H22N2O3S. The number of piperidine rings is 1. The number of nitrogens with zero attached hydrogens (tertiary/aromatic N) is 2. The Balaban J connectivity index is 1.89. The summed E-state index contributed by atoms with van der Waals surface area (Å²) in [7, 11) is 0. The number of hydrogen-bond donors (Lipinski definition) is 2. The number of hydrogen-bond acceptors (Lipinski definition) is 5. The maximum atomic E-state index is 13.0. The van der Waals surface area contributed by atoms with Gasteiger partial charge in [0.05, 0.1) is 34.0 Å². The molecule has 1 saturated heterocycles. The molecule has 3 rings (SSSR count). The molecule has 5 nitrogen and oxygen atoms in total. The fourth-order valence-electron chi connectivity index (χ4n) is 3.53. The molecule has 0 unspecified atom stereocenters. The largest absolute Gasteiger partial charge is 0.396 e. The van der Waals surface area contributed by atoms with Crippen molar-refractivity contribution in [3.63, 3.8) is 0 Å². The van der Waals surface area contributed by atoms with Crippen LogP contribution in [0.2, 0.25) is 0 Å². The highest BCUT2D eigenvalue weighted by atomic mass is 32.1. The van der Waals surface area contributed by atoms with E-state index in [1.807, 2.05) is 25.1 Å². The van der Waals surface area contributed by atoms with E-state index in [4.69, 9.17) is 0 Å². The van der Waals surface area contributed by atoms with Crippen LogP contribution in [-0.4, -0.2) is 51.8 Å². The first kappa shape index (κ1) is 16.4. The SMILES string of the molecule is CCC[C@@]1(CO)CN(C(=O)c2cccc3ncsc23)CC[C@H]1O.